The summed E-state index contributed by atoms with van der Waals surface area (Å²) in [5.74, 6) is 0.0175. The number of nitrogens with one attached hydrogen (secondary N) is 2. The summed E-state index contributed by atoms with van der Waals surface area (Å²) in [5.41, 5.74) is 3.10. The topological polar surface area (TPSA) is 110 Å². The number of anilines is 1. The van der Waals surface area contributed by atoms with Gasteiger partial charge in [0.05, 0.1) is 35.5 Å². The Labute approximate surface area is 165 Å². The van der Waals surface area contributed by atoms with Crippen LogP contribution in [0.25, 0.3) is 21.8 Å². The van der Waals surface area contributed by atoms with Crippen molar-refractivity contribution in [2.24, 2.45) is 0 Å². The van der Waals surface area contributed by atoms with E-state index < -0.39 is 4.92 Å². The first kappa shape index (κ1) is 18.4. The zero-order valence-electron chi connectivity index (χ0n) is 15.6. The lowest BCUT2D eigenvalue weighted by atomic mass is 10.1. The molecule has 8 nitrogen and oxygen atoms in total. The van der Waals surface area contributed by atoms with E-state index >= 15 is 0 Å². The van der Waals surface area contributed by atoms with Gasteiger partial charge in [0.1, 0.15) is 5.75 Å². The van der Waals surface area contributed by atoms with Crippen molar-refractivity contribution in [3.05, 3.63) is 70.5 Å². The summed E-state index contributed by atoms with van der Waals surface area (Å²) in [5, 5.41) is 15.8. The number of nitro groups is 1. The fourth-order valence-electron chi connectivity index (χ4n) is 3.28. The minimum atomic E-state index is -0.513. The van der Waals surface area contributed by atoms with Crippen LogP contribution >= 0.6 is 0 Å². The van der Waals surface area contributed by atoms with Gasteiger partial charge in [-0.3, -0.25) is 19.9 Å². The van der Waals surface area contributed by atoms with Gasteiger partial charge in [0.15, 0.2) is 0 Å². The number of hydrogen-bond acceptors (Lipinski definition) is 5. The minimum absolute atomic E-state index is 0.101. The summed E-state index contributed by atoms with van der Waals surface area (Å²) in [7, 11) is 1.40. The van der Waals surface area contributed by atoms with E-state index in [1.165, 1.54) is 25.3 Å². The number of benzene rings is 2. The number of carbonyl (C=O) groups is 1. The first-order valence-electron chi connectivity index (χ1n) is 9.03. The Bertz CT molecular complexity index is 1230. The van der Waals surface area contributed by atoms with E-state index in [1.807, 2.05) is 30.3 Å². The third kappa shape index (κ3) is 3.73. The molecule has 0 bridgehead atoms. The van der Waals surface area contributed by atoms with Crippen molar-refractivity contribution in [1.29, 1.82) is 0 Å². The molecule has 0 spiro atoms. The van der Waals surface area contributed by atoms with Crippen molar-refractivity contribution in [1.82, 2.24) is 9.97 Å². The van der Waals surface area contributed by atoms with E-state index in [1.54, 1.807) is 6.20 Å². The van der Waals surface area contributed by atoms with Gasteiger partial charge in [-0.1, -0.05) is 18.2 Å². The number of H-pyrrole nitrogens is 1. The maximum absolute atomic E-state index is 12.4. The second-order valence-corrected chi connectivity index (χ2v) is 6.58. The molecule has 0 aliphatic carbocycles. The lowest BCUT2D eigenvalue weighted by molar-refractivity contribution is -0.384. The average molecular weight is 390 g/mol. The molecule has 0 aliphatic heterocycles. The second kappa shape index (κ2) is 7.59. The lowest BCUT2D eigenvalue weighted by Crippen LogP contribution is -2.13. The molecule has 0 radical (unpaired) electrons. The molecule has 4 aromatic rings. The number of methoxy groups -OCH3 is 1. The fourth-order valence-corrected chi connectivity index (χ4v) is 3.28. The molecular formula is C21H18N4O4. The number of hydrogen-bond donors (Lipinski definition) is 2. The van der Waals surface area contributed by atoms with E-state index in [-0.39, 0.29) is 23.8 Å². The van der Waals surface area contributed by atoms with Crippen LogP contribution in [0.5, 0.6) is 5.75 Å². The van der Waals surface area contributed by atoms with Gasteiger partial charge >= 0.3 is 0 Å². The molecule has 4 rings (SSSR count). The van der Waals surface area contributed by atoms with Gasteiger partial charge in [-0.05, 0) is 24.6 Å². The van der Waals surface area contributed by atoms with Crippen LogP contribution in [-0.4, -0.2) is 27.9 Å². The van der Waals surface area contributed by atoms with Crippen molar-refractivity contribution in [2.45, 2.75) is 12.8 Å². The molecule has 0 saturated carbocycles. The van der Waals surface area contributed by atoms with Crippen LogP contribution in [0.2, 0.25) is 0 Å². The van der Waals surface area contributed by atoms with Crippen LogP contribution in [0.15, 0.2) is 54.7 Å². The highest BCUT2D eigenvalue weighted by Crippen LogP contribution is 2.29. The van der Waals surface area contributed by atoms with Crippen molar-refractivity contribution >= 4 is 39.1 Å². The Morgan fingerprint density at radius 2 is 2.00 bits per heavy atom. The number of pyridine rings is 1. The van der Waals surface area contributed by atoms with E-state index in [0.29, 0.717) is 12.1 Å². The summed E-state index contributed by atoms with van der Waals surface area (Å²) >= 11 is 0. The Hall–Kier alpha value is -3.94. The fraction of sp³-hybridized carbons (Fsp3) is 0.143. The molecule has 29 heavy (non-hydrogen) atoms. The SMILES string of the molecule is COc1cc([N+](=O)[O-])ccc1NC(=O)CCc1cc2c(cn1)[nH]c1ccccc12. The van der Waals surface area contributed by atoms with Gasteiger partial charge in [-0.2, -0.15) is 0 Å². The van der Waals surface area contributed by atoms with Gasteiger partial charge < -0.3 is 15.0 Å². The molecule has 0 unspecified atom stereocenters. The predicted octanol–water partition coefficient (Wildman–Crippen LogP) is 4.20. The summed E-state index contributed by atoms with van der Waals surface area (Å²) in [6.07, 6.45) is 2.47. The number of amides is 1. The first-order valence-corrected chi connectivity index (χ1v) is 9.03. The number of nitro benzene ring substituents is 1. The van der Waals surface area contributed by atoms with Crippen LogP contribution in [0, 0.1) is 10.1 Å². The highest BCUT2D eigenvalue weighted by Gasteiger charge is 2.14. The van der Waals surface area contributed by atoms with Crippen molar-refractivity contribution in [3.63, 3.8) is 0 Å². The maximum Gasteiger partial charge on any atom is 0.273 e. The van der Waals surface area contributed by atoms with Gasteiger partial charge in [-0.25, -0.2) is 0 Å². The molecular weight excluding hydrogens is 372 g/mol. The molecule has 0 fully saturated rings. The van der Waals surface area contributed by atoms with Gasteiger partial charge in [0.25, 0.3) is 5.69 Å². The number of aromatic nitrogens is 2. The number of nitrogens with zero attached hydrogens (tertiary/aromatic N) is 2. The van der Waals surface area contributed by atoms with E-state index in [4.69, 9.17) is 4.74 Å². The molecule has 0 aliphatic rings. The van der Waals surface area contributed by atoms with Gasteiger partial charge in [-0.15, -0.1) is 0 Å². The molecule has 2 heterocycles. The third-order valence-corrected chi connectivity index (χ3v) is 4.73. The summed E-state index contributed by atoms with van der Waals surface area (Å²) < 4.78 is 5.15. The van der Waals surface area contributed by atoms with Crippen LogP contribution < -0.4 is 10.1 Å². The third-order valence-electron chi connectivity index (χ3n) is 4.73. The Kier molecular flexibility index (Phi) is 4.82. The number of ether oxygens (including phenoxy) is 1. The van der Waals surface area contributed by atoms with Crippen LogP contribution in [0.4, 0.5) is 11.4 Å². The van der Waals surface area contributed by atoms with Gasteiger partial charge in [0.2, 0.25) is 5.91 Å². The van der Waals surface area contributed by atoms with Crippen LogP contribution in [0.1, 0.15) is 12.1 Å². The standard InChI is InChI=1S/C21H18N4O4/c1-29-20-11-14(25(27)28)7-8-18(20)24-21(26)9-6-13-10-16-15-4-2-3-5-17(15)23-19(16)12-22-13/h2-5,7-8,10-12,23H,6,9H2,1H3,(H,24,26). The number of aromatic amines is 1. The molecule has 0 atom stereocenters. The Morgan fingerprint density at radius 3 is 2.79 bits per heavy atom. The summed E-state index contributed by atoms with van der Waals surface area (Å²) in [6, 6.07) is 14.1. The number of para-hydroxylation sites is 1. The van der Waals surface area contributed by atoms with Crippen molar-refractivity contribution in [3.8, 4) is 5.75 Å². The number of rotatable bonds is 6. The molecule has 146 valence electrons. The minimum Gasteiger partial charge on any atom is -0.494 e. The zero-order chi connectivity index (χ0) is 20.4. The molecule has 2 N–H and O–H groups in total. The zero-order valence-corrected chi connectivity index (χ0v) is 15.6. The molecule has 2 aromatic heterocycles. The monoisotopic (exact) mass is 390 g/mol. The number of aryl methyl sites for hydroxylation is 1. The highest BCUT2D eigenvalue weighted by molar-refractivity contribution is 6.07. The average Bonchev–Trinajstić information content (AvgIpc) is 3.10. The molecule has 2 aromatic carbocycles. The first-order chi connectivity index (χ1) is 14.0. The maximum atomic E-state index is 12.4. The highest BCUT2D eigenvalue weighted by atomic mass is 16.6. The van der Waals surface area contributed by atoms with E-state index in [2.05, 4.69) is 15.3 Å². The molecule has 8 heteroatoms. The number of carbonyl (C=O) groups excluding carboxylic acids is 1. The normalized spacial score (nSPS) is 10.9. The largest absolute Gasteiger partial charge is 0.494 e. The number of non-ortho nitro benzene ring substituents is 1. The summed E-state index contributed by atoms with van der Waals surface area (Å²) in [4.78, 5) is 30.5. The second-order valence-electron chi connectivity index (χ2n) is 6.58. The van der Waals surface area contributed by atoms with Crippen molar-refractivity contribution in [2.75, 3.05) is 12.4 Å². The quantitative estimate of drug-likeness (QED) is 0.379. The van der Waals surface area contributed by atoms with Crippen molar-refractivity contribution < 1.29 is 14.5 Å². The molecule has 1 amide bonds. The predicted molar refractivity (Wildman–Crippen MR) is 110 cm³/mol. The molecule has 0 saturated heterocycles. The van der Waals surface area contributed by atoms with E-state index in [0.717, 1.165) is 27.5 Å². The van der Waals surface area contributed by atoms with Crippen LogP contribution in [-0.2, 0) is 11.2 Å². The lowest BCUT2D eigenvalue weighted by Gasteiger charge is -2.10. The van der Waals surface area contributed by atoms with E-state index in [9.17, 15) is 14.9 Å². The number of fused-ring (bicyclic) bond motifs is 3. The van der Waals surface area contributed by atoms with Gasteiger partial charge in [0, 0.05) is 34.5 Å². The van der Waals surface area contributed by atoms with Crippen LogP contribution in [0.3, 0.4) is 0 Å². The Morgan fingerprint density at radius 1 is 1.17 bits per heavy atom. The Balaban J connectivity index is 1.47. The summed E-state index contributed by atoms with van der Waals surface area (Å²) in [6.45, 7) is 0. The smallest absolute Gasteiger partial charge is 0.273 e.